The van der Waals surface area contributed by atoms with Crippen molar-refractivity contribution < 1.29 is 14.3 Å². The molecule has 0 bridgehead atoms. The van der Waals surface area contributed by atoms with Crippen molar-refractivity contribution in [3.63, 3.8) is 0 Å². The summed E-state index contributed by atoms with van der Waals surface area (Å²) in [5.74, 6) is -0.0866. The molecule has 2 aromatic heterocycles. The molecule has 0 radical (unpaired) electrons. The summed E-state index contributed by atoms with van der Waals surface area (Å²) in [6.07, 6.45) is 2.98. The Bertz CT molecular complexity index is 685. The largest absolute Gasteiger partial charge is 0.508 e. The van der Waals surface area contributed by atoms with Crippen LogP contribution in [0.15, 0.2) is 40.5 Å². The number of nitrogens with zero attached hydrogens (tertiary/aromatic N) is 1. The van der Waals surface area contributed by atoms with E-state index >= 15 is 0 Å². The van der Waals surface area contributed by atoms with Gasteiger partial charge in [-0.25, -0.2) is 4.98 Å². The first-order chi connectivity index (χ1) is 8.25. The van der Waals surface area contributed by atoms with Gasteiger partial charge in [0.25, 0.3) is 0 Å². The number of carbonyl (C=O) groups excluding carboxylic acids is 1. The van der Waals surface area contributed by atoms with Crippen LogP contribution in [0.25, 0.3) is 11.0 Å². The van der Waals surface area contributed by atoms with Crippen LogP contribution >= 0.6 is 11.3 Å². The summed E-state index contributed by atoms with van der Waals surface area (Å²) in [5, 5.41) is 12.2. The van der Waals surface area contributed by atoms with Gasteiger partial charge < -0.3 is 9.52 Å². The highest BCUT2D eigenvalue weighted by molar-refractivity contribution is 7.11. The number of thiazole rings is 1. The maximum Gasteiger partial charge on any atom is 0.225 e. The number of hydrogen-bond donors (Lipinski definition) is 1. The standard InChI is InChI=1S/C12H7NO3S/c14-7-1-2-10-8(5-7)9(6-16-10)11(15)12-13-3-4-17-12/h1-6,14H. The van der Waals surface area contributed by atoms with Crippen LogP contribution in [-0.2, 0) is 0 Å². The quantitative estimate of drug-likeness (QED) is 0.705. The van der Waals surface area contributed by atoms with Gasteiger partial charge in [0.05, 0.1) is 5.56 Å². The molecule has 4 nitrogen and oxygen atoms in total. The van der Waals surface area contributed by atoms with Crippen molar-refractivity contribution in [3.05, 3.63) is 46.6 Å². The van der Waals surface area contributed by atoms with E-state index < -0.39 is 0 Å². The minimum atomic E-state index is -0.190. The molecule has 17 heavy (non-hydrogen) atoms. The molecule has 5 heteroatoms. The van der Waals surface area contributed by atoms with Crippen LogP contribution in [0.4, 0.5) is 0 Å². The molecule has 0 aliphatic carbocycles. The molecule has 0 spiro atoms. The van der Waals surface area contributed by atoms with Crippen LogP contribution < -0.4 is 0 Å². The minimum Gasteiger partial charge on any atom is -0.508 e. The normalized spacial score (nSPS) is 10.8. The van der Waals surface area contributed by atoms with E-state index in [9.17, 15) is 9.90 Å². The van der Waals surface area contributed by atoms with Crippen LogP contribution in [-0.4, -0.2) is 15.9 Å². The Balaban J connectivity index is 2.18. The molecule has 0 saturated carbocycles. The van der Waals surface area contributed by atoms with Gasteiger partial charge in [-0.3, -0.25) is 4.79 Å². The van der Waals surface area contributed by atoms with Crippen LogP contribution in [0.1, 0.15) is 15.4 Å². The van der Waals surface area contributed by atoms with Crippen molar-refractivity contribution in [3.8, 4) is 5.75 Å². The number of fused-ring (bicyclic) bond motifs is 1. The smallest absolute Gasteiger partial charge is 0.225 e. The average Bonchev–Trinajstić information content (AvgIpc) is 2.97. The highest BCUT2D eigenvalue weighted by Crippen LogP contribution is 2.27. The predicted molar refractivity (Wildman–Crippen MR) is 63.4 cm³/mol. The van der Waals surface area contributed by atoms with Gasteiger partial charge in [-0.1, -0.05) is 0 Å². The number of carbonyl (C=O) groups is 1. The Hall–Kier alpha value is -2.14. The summed E-state index contributed by atoms with van der Waals surface area (Å²) in [6, 6.07) is 4.66. The van der Waals surface area contributed by atoms with Crippen LogP contribution in [0.2, 0.25) is 0 Å². The first-order valence-electron chi connectivity index (χ1n) is 4.90. The zero-order valence-electron chi connectivity index (χ0n) is 8.58. The number of aromatic hydroxyl groups is 1. The molecule has 1 N–H and O–H groups in total. The maximum absolute atomic E-state index is 12.1. The molecule has 0 amide bonds. The number of phenols is 1. The van der Waals surface area contributed by atoms with E-state index in [0.29, 0.717) is 21.5 Å². The average molecular weight is 245 g/mol. The van der Waals surface area contributed by atoms with Crippen molar-refractivity contribution >= 4 is 28.1 Å². The second-order valence-corrected chi connectivity index (χ2v) is 4.39. The van der Waals surface area contributed by atoms with Crippen LogP contribution in [0.3, 0.4) is 0 Å². The fourth-order valence-corrected chi connectivity index (χ4v) is 2.23. The molecular weight excluding hydrogens is 238 g/mol. The number of aromatic nitrogens is 1. The van der Waals surface area contributed by atoms with E-state index in [2.05, 4.69) is 4.98 Å². The summed E-state index contributed by atoms with van der Waals surface area (Å²) in [4.78, 5) is 16.1. The number of phenolic OH excluding ortho intramolecular Hbond substituents is 1. The van der Waals surface area contributed by atoms with Crippen molar-refractivity contribution in [2.75, 3.05) is 0 Å². The Kier molecular flexibility index (Phi) is 2.19. The predicted octanol–water partition coefficient (Wildman–Crippen LogP) is 2.83. The molecular formula is C12H7NO3S. The molecule has 2 heterocycles. The summed E-state index contributed by atoms with van der Waals surface area (Å²) in [5.41, 5.74) is 0.994. The number of furan rings is 1. The monoisotopic (exact) mass is 245 g/mol. The molecule has 3 aromatic rings. The number of ketones is 1. The lowest BCUT2D eigenvalue weighted by atomic mass is 10.1. The van der Waals surface area contributed by atoms with Gasteiger partial charge in [-0.2, -0.15) is 0 Å². The van der Waals surface area contributed by atoms with Crippen molar-refractivity contribution in [1.29, 1.82) is 0 Å². The second kappa shape index (κ2) is 3.71. The van der Waals surface area contributed by atoms with E-state index in [0.717, 1.165) is 0 Å². The Morgan fingerprint density at radius 2 is 2.29 bits per heavy atom. The summed E-state index contributed by atoms with van der Waals surface area (Å²) >= 11 is 1.28. The zero-order valence-corrected chi connectivity index (χ0v) is 9.40. The van der Waals surface area contributed by atoms with Crippen molar-refractivity contribution in [2.45, 2.75) is 0 Å². The lowest BCUT2D eigenvalue weighted by Gasteiger charge is -1.94. The Morgan fingerprint density at radius 3 is 3.06 bits per heavy atom. The van der Waals surface area contributed by atoms with E-state index in [1.807, 2.05) is 0 Å². The number of benzene rings is 1. The fraction of sp³-hybridized carbons (Fsp3) is 0. The zero-order chi connectivity index (χ0) is 11.8. The van der Waals surface area contributed by atoms with E-state index in [1.54, 1.807) is 17.6 Å². The SMILES string of the molecule is O=C(c1nccs1)c1coc2ccc(O)cc12. The lowest BCUT2D eigenvalue weighted by Crippen LogP contribution is -1.98. The Morgan fingerprint density at radius 1 is 1.41 bits per heavy atom. The van der Waals surface area contributed by atoms with Crippen molar-refractivity contribution in [2.24, 2.45) is 0 Å². The highest BCUT2D eigenvalue weighted by atomic mass is 32.1. The van der Waals surface area contributed by atoms with E-state index in [-0.39, 0.29) is 11.5 Å². The summed E-state index contributed by atoms with van der Waals surface area (Å²) in [6.45, 7) is 0. The molecule has 0 atom stereocenters. The first-order valence-corrected chi connectivity index (χ1v) is 5.78. The first kappa shape index (κ1) is 10.0. The van der Waals surface area contributed by atoms with Crippen LogP contribution in [0, 0.1) is 0 Å². The molecule has 84 valence electrons. The van der Waals surface area contributed by atoms with E-state index in [1.165, 1.54) is 29.7 Å². The number of hydrogen-bond acceptors (Lipinski definition) is 5. The third kappa shape index (κ3) is 1.60. The molecule has 0 aliphatic heterocycles. The maximum atomic E-state index is 12.1. The Labute approximate surface area is 100 Å². The molecule has 3 rings (SSSR count). The molecule has 1 aromatic carbocycles. The molecule has 0 unspecified atom stereocenters. The van der Waals surface area contributed by atoms with Gasteiger partial charge in [0, 0.05) is 17.0 Å². The number of rotatable bonds is 2. The van der Waals surface area contributed by atoms with Gasteiger partial charge in [0.1, 0.15) is 17.6 Å². The molecule has 0 saturated heterocycles. The van der Waals surface area contributed by atoms with Crippen molar-refractivity contribution in [1.82, 2.24) is 4.98 Å². The van der Waals surface area contributed by atoms with Gasteiger partial charge in [0.15, 0.2) is 5.01 Å². The molecule has 0 fully saturated rings. The topological polar surface area (TPSA) is 63.3 Å². The van der Waals surface area contributed by atoms with E-state index in [4.69, 9.17) is 4.42 Å². The van der Waals surface area contributed by atoms with Gasteiger partial charge in [-0.15, -0.1) is 11.3 Å². The highest BCUT2D eigenvalue weighted by Gasteiger charge is 2.17. The lowest BCUT2D eigenvalue weighted by molar-refractivity contribution is 0.103. The molecule has 0 aliphatic rings. The third-order valence-electron chi connectivity index (χ3n) is 2.43. The minimum absolute atomic E-state index is 0.104. The second-order valence-electron chi connectivity index (χ2n) is 3.50. The van der Waals surface area contributed by atoms with Crippen LogP contribution in [0.5, 0.6) is 5.75 Å². The summed E-state index contributed by atoms with van der Waals surface area (Å²) < 4.78 is 5.27. The third-order valence-corrected chi connectivity index (χ3v) is 3.20. The fourth-order valence-electron chi connectivity index (χ4n) is 1.64. The summed E-state index contributed by atoms with van der Waals surface area (Å²) in [7, 11) is 0. The van der Waals surface area contributed by atoms with Gasteiger partial charge >= 0.3 is 0 Å². The van der Waals surface area contributed by atoms with Gasteiger partial charge in [-0.05, 0) is 18.2 Å². The van der Waals surface area contributed by atoms with Gasteiger partial charge in [0.2, 0.25) is 5.78 Å².